The molecule has 1 aromatic carbocycles. The number of sulfone groups is 1. The molecule has 0 bridgehead atoms. The van der Waals surface area contributed by atoms with Gasteiger partial charge in [0.05, 0.1) is 15.6 Å². The van der Waals surface area contributed by atoms with E-state index in [0.717, 1.165) is 19.1 Å². The van der Waals surface area contributed by atoms with Crippen LogP contribution in [0.15, 0.2) is 56.7 Å². The lowest BCUT2D eigenvalue weighted by atomic mass is 10.1. The van der Waals surface area contributed by atoms with Gasteiger partial charge < -0.3 is 18.6 Å². The van der Waals surface area contributed by atoms with Crippen molar-refractivity contribution in [3.63, 3.8) is 0 Å². The predicted octanol–water partition coefficient (Wildman–Crippen LogP) is 3.09. The molecule has 2 aromatic heterocycles. The average Bonchev–Trinajstić information content (AvgIpc) is 2.73. The van der Waals surface area contributed by atoms with E-state index < -0.39 is 10.2 Å². The van der Waals surface area contributed by atoms with Crippen molar-refractivity contribution in [2.45, 2.75) is 23.8 Å². The molecule has 0 spiro atoms. The molecular formula is C21H22N2O5S. The fourth-order valence-electron chi connectivity index (χ4n) is 3.56. The Morgan fingerprint density at radius 2 is 1.86 bits per heavy atom. The summed E-state index contributed by atoms with van der Waals surface area (Å²) in [4.78, 5) is 19.3. The number of anilines is 1. The first-order chi connectivity index (χ1) is 13.8. The Hall–Kier alpha value is -2.55. The van der Waals surface area contributed by atoms with Crippen LogP contribution in [0, 0.1) is 0 Å². The number of aromatic nitrogens is 1. The number of hydrogen-bond acceptors (Lipinski definition) is 7. The van der Waals surface area contributed by atoms with Gasteiger partial charge in [-0.3, -0.25) is 9.78 Å². The number of nitrogens with zero attached hydrogens (tertiary/aromatic N) is 2. The molecule has 1 saturated heterocycles. The van der Waals surface area contributed by atoms with E-state index in [2.05, 4.69) is 4.98 Å². The Morgan fingerprint density at radius 3 is 2.52 bits per heavy atom. The summed E-state index contributed by atoms with van der Waals surface area (Å²) in [5, 5.41) is 0.436. The van der Waals surface area contributed by atoms with Crippen LogP contribution in [0.4, 0.5) is 5.88 Å². The third-order valence-electron chi connectivity index (χ3n) is 5.27. The topological polar surface area (TPSA) is 95.7 Å². The van der Waals surface area contributed by atoms with Crippen molar-refractivity contribution in [2.75, 3.05) is 31.4 Å². The van der Waals surface area contributed by atoms with Crippen molar-refractivity contribution in [3.8, 4) is 11.3 Å². The van der Waals surface area contributed by atoms with Crippen LogP contribution >= 0.6 is 0 Å². The van der Waals surface area contributed by atoms with Crippen LogP contribution in [-0.2, 0) is 19.2 Å². The van der Waals surface area contributed by atoms with Crippen LogP contribution < -0.4 is 10.3 Å². The summed E-state index contributed by atoms with van der Waals surface area (Å²) in [6.45, 7) is 1.37. The highest BCUT2D eigenvalue weighted by atomic mass is 32.3. The smallest absolute Gasteiger partial charge is 0.200 e. The molecule has 0 N–H and O–H groups in total. The van der Waals surface area contributed by atoms with Crippen LogP contribution in [0.5, 0.6) is 0 Å². The molecule has 1 atom stereocenters. The van der Waals surface area contributed by atoms with Crippen LogP contribution in [0.3, 0.4) is 0 Å². The first kappa shape index (κ1) is 19.8. The molecule has 8 heteroatoms. The summed E-state index contributed by atoms with van der Waals surface area (Å²) in [5.41, 5.74) is 1.43. The van der Waals surface area contributed by atoms with Gasteiger partial charge in [-0.25, -0.2) is 0 Å². The van der Waals surface area contributed by atoms with Gasteiger partial charge in [-0.2, -0.15) is 0 Å². The van der Waals surface area contributed by atoms with E-state index in [4.69, 9.17) is 9.15 Å². The SMILES string of the molecule is CN(c1cc(=O)c2ccnc(-c3ccc([S+](C)(=O)[O-])cc3)c2o1)C1CCOCC1. The Labute approximate surface area is 169 Å². The van der Waals surface area contributed by atoms with Crippen molar-refractivity contribution >= 4 is 27.1 Å². The summed E-state index contributed by atoms with van der Waals surface area (Å²) in [6.07, 6.45) is 4.45. The van der Waals surface area contributed by atoms with Crippen molar-refractivity contribution in [2.24, 2.45) is 0 Å². The number of fused-ring (bicyclic) bond motifs is 1. The number of rotatable bonds is 4. The highest BCUT2D eigenvalue weighted by Crippen LogP contribution is 2.30. The van der Waals surface area contributed by atoms with Crippen molar-refractivity contribution in [1.82, 2.24) is 4.98 Å². The normalized spacial score (nSPS) is 17.2. The molecule has 3 heterocycles. The molecule has 1 aliphatic heterocycles. The van der Waals surface area contributed by atoms with Gasteiger partial charge in [0.2, 0.25) is 0 Å². The van der Waals surface area contributed by atoms with Gasteiger partial charge in [0.25, 0.3) is 0 Å². The second-order valence-electron chi connectivity index (χ2n) is 7.24. The molecule has 0 saturated carbocycles. The first-order valence-corrected chi connectivity index (χ1v) is 11.3. The van der Waals surface area contributed by atoms with E-state index in [1.165, 1.54) is 18.2 Å². The molecule has 1 fully saturated rings. The van der Waals surface area contributed by atoms with Gasteiger partial charge in [0.1, 0.15) is 11.9 Å². The molecule has 0 radical (unpaired) electrons. The van der Waals surface area contributed by atoms with Gasteiger partial charge in [0.15, 0.2) is 21.8 Å². The Morgan fingerprint density at radius 1 is 1.17 bits per heavy atom. The lowest BCUT2D eigenvalue weighted by Crippen LogP contribution is -2.37. The monoisotopic (exact) mass is 414 g/mol. The molecule has 3 aromatic rings. The molecular weight excluding hydrogens is 392 g/mol. The minimum absolute atomic E-state index is 0.142. The van der Waals surface area contributed by atoms with E-state index in [1.54, 1.807) is 24.4 Å². The quantitative estimate of drug-likeness (QED) is 0.605. The van der Waals surface area contributed by atoms with Crippen molar-refractivity contribution in [3.05, 3.63) is 52.8 Å². The van der Waals surface area contributed by atoms with Crippen molar-refractivity contribution in [1.29, 1.82) is 0 Å². The summed E-state index contributed by atoms with van der Waals surface area (Å²) in [6, 6.07) is 9.78. The maximum atomic E-state index is 12.7. The van der Waals surface area contributed by atoms with E-state index >= 15 is 0 Å². The highest BCUT2D eigenvalue weighted by molar-refractivity contribution is 7.97. The fourth-order valence-corrected chi connectivity index (χ4v) is 4.19. The minimum Gasteiger partial charge on any atom is -0.610 e. The van der Waals surface area contributed by atoms with E-state index in [1.807, 2.05) is 11.9 Å². The third kappa shape index (κ3) is 3.96. The summed E-state index contributed by atoms with van der Waals surface area (Å²) in [5.74, 6) is 0.483. The second kappa shape index (κ2) is 7.70. The Balaban J connectivity index is 1.80. The first-order valence-electron chi connectivity index (χ1n) is 9.38. The molecule has 1 unspecified atom stereocenters. The number of hydrogen-bond donors (Lipinski definition) is 0. The van der Waals surface area contributed by atoms with Crippen LogP contribution in [0.25, 0.3) is 22.2 Å². The maximum absolute atomic E-state index is 12.7. The summed E-state index contributed by atoms with van der Waals surface area (Å²) in [7, 11) is -1.38. The standard InChI is InChI=1S/C21H22N2O5S/c1-23(15-8-11-27-12-9-15)19-13-18(24)17-7-10-22-20(21(17)28-19)14-3-5-16(6-4-14)29(2,25)26/h3-7,10,13,15H,8-9,11-12H2,1-2H3. The fraction of sp³-hybridized carbons (Fsp3) is 0.333. The lowest BCUT2D eigenvalue weighted by molar-refractivity contribution is 0.0848. The Bertz CT molecular complexity index is 1130. The maximum Gasteiger partial charge on any atom is 0.200 e. The zero-order valence-corrected chi connectivity index (χ0v) is 17.1. The van der Waals surface area contributed by atoms with Gasteiger partial charge in [-0.15, -0.1) is 4.21 Å². The van der Waals surface area contributed by atoms with Crippen LogP contribution in [-0.4, -0.2) is 42.1 Å². The van der Waals surface area contributed by atoms with Crippen LogP contribution in [0.2, 0.25) is 0 Å². The largest absolute Gasteiger partial charge is 0.610 e. The number of ether oxygens (including phenoxy) is 1. The van der Waals surface area contributed by atoms with Gasteiger partial charge in [-0.05, 0) is 43.2 Å². The van der Waals surface area contributed by atoms with Crippen molar-refractivity contribution < 1.29 is 17.9 Å². The second-order valence-corrected chi connectivity index (χ2v) is 9.25. The number of benzene rings is 1. The molecule has 29 heavy (non-hydrogen) atoms. The number of pyridine rings is 1. The molecule has 152 valence electrons. The van der Waals surface area contributed by atoms with Gasteiger partial charge >= 0.3 is 0 Å². The molecule has 0 aliphatic carbocycles. The van der Waals surface area contributed by atoms with E-state index in [0.29, 0.717) is 41.3 Å². The van der Waals surface area contributed by atoms with Gasteiger partial charge in [0, 0.05) is 44.1 Å². The predicted molar refractivity (Wildman–Crippen MR) is 111 cm³/mol. The highest BCUT2D eigenvalue weighted by Gasteiger charge is 2.22. The minimum atomic E-state index is -3.29. The van der Waals surface area contributed by atoms with Gasteiger partial charge in [-0.1, -0.05) is 0 Å². The van der Waals surface area contributed by atoms with E-state index in [-0.39, 0.29) is 16.4 Å². The Kier molecular flexibility index (Phi) is 5.24. The van der Waals surface area contributed by atoms with Crippen LogP contribution in [0.1, 0.15) is 12.8 Å². The lowest BCUT2D eigenvalue weighted by Gasteiger charge is -2.31. The van der Waals surface area contributed by atoms with E-state index in [9.17, 15) is 13.6 Å². The molecule has 4 rings (SSSR count). The molecule has 7 nitrogen and oxygen atoms in total. The summed E-state index contributed by atoms with van der Waals surface area (Å²) >= 11 is 0. The average molecular weight is 414 g/mol. The third-order valence-corrected chi connectivity index (χ3v) is 6.40. The molecule has 0 amide bonds. The summed E-state index contributed by atoms with van der Waals surface area (Å²) < 4.78 is 35.0. The molecule has 1 aliphatic rings. The zero-order valence-electron chi connectivity index (χ0n) is 16.3. The zero-order chi connectivity index (χ0) is 20.6.